The molecule has 1 aromatic carbocycles. The third kappa shape index (κ3) is 2.53. The number of H-pyrrole nitrogens is 1. The van der Waals surface area contributed by atoms with Gasteiger partial charge in [-0.05, 0) is 25.5 Å². The van der Waals surface area contributed by atoms with Crippen molar-refractivity contribution in [3.05, 3.63) is 40.7 Å². The van der Waals surface area contributed by atoms with Gasteiger partial charge in [-0.25, -0.2) is 4.98 Å². The van der Waals surface area contributed by atoms with Gasteiger partial charge in [-0.2, -0.15) is 0 Å². The second-order valence-corrected chi connectivity index (χ2v) is 4.38. The van der Waals surface area contributed by atoms with Crippen LogP contribution in [0.1, 0.15) is 24.4 Å². The van der Waals surface area contributed by atoms with Crippen LogP contribution in [-0.2, 0) is 0 Å². The minimum Gasteiger partial charge on any atom is -0.382 e. The summed E-state index contributed by atoms with van der Waals surface area (Å²) in [6.07, 6.45) is 0. The van der Waals surface area contributed by atoms with Crippen LogP contribution in [-0.4, -0.2) is 9.97 Å². The molecule has 1 unspecified atom stereocenters. The summed E-state index contributed by atoms with van der Waals surface area (Å²) in [5.41, 5.74) is 6.81. The highest BCUT2D eigenvalue weighted by Crippen LogP contribution is 2.26. The Labute approximate surface area is 105 Å². The van der Waals surface area contributed by atoms with Gasteiger partial charge in [0.1, 0.15) is 11.6 Å². The molecule has 0 fully saturated rings. The van der Waals surface area contributed by atoms with Gasteiger partial charge in [0.25, 0.3) is 0 Å². The van der Waals surface area contributed by atoms with Crippen LogP contribution in [0.3, 0.4) is 0 Å². The fraction of sp³-hybridized carbons (Fsp3) is 0.250. The van der Waals surface area contributed by atoms with Gasteiger partial charge in [0.05, 0.1) is 6.04 Å². The molecular weight excluding hydrogens is 236 g/mol. The number of halogens is 1. The van der Waals surface area contributed by atoms with Crippen molar-refractivity contribution in [1.82, 2.24) is 9.97 Å². The van der Waals surface area contributed by atoms with Gasteiger partial charge < -0.3 is 16.0 Å². The number of aryl methyl sites for hydroxylation is 1. The van der Waals surface area contributed by atoms with E-state index in [4.69, 9.17) is 17.3 Å². The van der Waals surface area contributed by atoms with Crippen LogP contribution in [0, 0.1) is 6.92 Å². The summed E-state index contributed by atoms with van der Waals surface area (Å²) in [4.78, 5) is 7.22. The zero-order valence-corrected chi connectivity index (χ0v) is 10.5. The maximum Gasteiger partial charge on any atom is 0.169 e. The van der Waals surface area contributed by atoms with Crippen molar-refractivity contribution in [1.29, 1.82) is 0 Å². The summed E-state index contributed by atoms with van der Waals surface area (Å²) in [7, 11) is 0. The predicted molar refractivity (Wildman–Crippen MR) is 71.2 cm³/mol. The topological polar surface area (TPSA) is 66.7 Å². The Balaban J connectivity index is 2.20. The number of aromatic amines is 1. The summed E-state index contributed by atoms with van der Waals surface area (Å²) in [5.74, 6) is 1.99. The second kappa shape index (κ2) is 4.67. The van der Waals surface area contributed by atoms with E-state index in [2.05, 4.69) is 15.3 Å². The molecule has 0 bridgehead atoms. The molecule has 2 rings (SSSR count). The number of hydrogen-bond acceptors (Lipinski definition) is 3. The Morgan fingerprint density at radius 1 is 1.41 bits per heavy atom. The molecule has 0 spiro atoms. The lowest BCUT2D eigenvalue weighted by molar-refractivity contribution is 0.877. The Hall–Kier alpha value is -1.68. The Morgan fingerprint density at radius 3 is 2.71 bits per heavy atom. The molecule has 0 amide bonds. The van der Waals surface area contributed by atoms with E-state index in [1.807, 2.05) is 38.1 Å². The number of nitrogens with two attached hydrogens (primary N) is 1. The van der Waals surface area contributed by atoms with Crippen LogP contribution in [0.4, 0.5) is 11.6 Å². The average molecular weight is 251 g/mol. The predicted octanol–water partition coefficient (Wildman–Crippen LogP) is 3.13. The largest absolute Gasteiger partial charge is 0.382 e. The van der Waals surface area contributed by atoms with E-state index in [1.165, 1.54) is 0 Å². The summed E-state index contributed by atoms with van der Waals surface area (Å²) >= 11 is 6.13. The lowest BCUT2D eigenvalue weighted by Gasteiger charge is -2.15. The Bertz CT molecular complexity index is 521. The number of anilines is 2. The van der Waals surface area contributed by atoms with E-state index in [9.17, 15) is 0 Å². The van der Waals surface area contributed by atoms with Crippen LogP contribution in [0.15, 0.2) is 24.3 Å². The molecule has 1 aromatic heterocycles. The third-order valence-corrected chi connectivity index (χ3v) is 2.92. The zero-order valence-electron chi connectivity index (χ0n) is 9.79. The molecule has 2 aromatic rings. The normalized spacial score (nSPS) is 12.4. The van der Waals surface area contributed by atoms with Crippen LogP contribution in [0.2, 0.25) is 5.02 Å². The molecule has 1 atom stereocenters. The molecule has 4 N–H and O–H groups in total. The van der Waals surface area contributed by atoms with Crippen molar-refractivity contribution in [2.45, 2.75) is 19.9 Å². The van der Waals surface area contributed by atoms with Gasteiger partial charge in [-0.15, -0.1) is 0 Å². The second-order valence-electron chi connectivity index (χ2n) is 3.97. The van der Waals surface area contributed by atoms with E-state index in [0.717, 1.165) is 16.4 Å². The lowest BCUT2D eigenvalue weighted by atomic mass is 10.1. The highest BCUT2D eigenvalue weighted by atomic mass is 35.5. The Kier molecular flexibility index (Phi) is 3.24. The van der Waals surface area contributed by atoms with Crippen molar-refractivity contribution in [2.75, 3.05) is 11.1 Å². The fourth-order valence-electron chi connectivity index (χ4n) is 1.73. The van der Waals surface area contributed by atoms with Gasteiger partial charge in [-0.1, -0.05) is 29.8 Å². The number of aromatic nitrogens is 2. The minimum absolute atomic E-state index is 0.0497. The first-order valence-corrected chi connectivity index (χ1v) is 5.78. The maximum atomic E-state index is 6.13. The summed E-state index contributed by atoms with van der Waals surface area (Å²) < 4.78 is 0. The quantitative estimate of drug-likeness (QED) is 0.784. The minimum atomic E-state index is 0.0497. The smallest absolute Gasteiger partial charge is 0.169 e. The summed E-state index contributed by atoms with van der Waals surface area (Å²) in [6.45, 7) is 3.88. The van der Waals surface area contributed by atoms with Crippen molar-refractivity contribution >= 4 is 23.2 Å². The molecule has 1 heterocycles. The lowest BCUT2D eigenvalue weighted by Crippen LogP contribution is -2.08. The molecule has 0 aliphatic heterocycles. The number of imidazole rings is 1. The first-order chi connectivity index (χ1) is 8.08. The van der Waals surface area contributed by atoms with Crippen molar-refractivity contribution in [3.63, 3.8) is 0 Å². The first-order valence-electron chi connectivity index (χ1n) is 5.41. The molecule has 0 saturated heterocycles. The molecule has 90 valence electrons. The van der Waals surface area contributed by atoms with E-state index >= 15 is 0 Å². The highest BCUT2D eigenvalue weighted by molar-refractivity contribution is 6.31. The molecule has 0 aliphatic carbocycles. The number of nitrogen functional groups attached to an aromatic ring is 1. The number of nitrogens with zero attached hydrogens (tertiary/aromatic N) is 1. The molecule has 0 radical (unpaired) electrons. The zero-order chi connectivity index (χ0) is 12.4. The average Bonchev–Trinajstić information content (AvgIpc) is 2.58. The number of nitrogens with one attached hydrogen (secondary N) is 2. The third-order valence-electron chi connectivity index (χ3n) is 2.58. The molecule has 0 aliphatic rings. The van der Waals surface area contributed by atoms with Crippen molar-refractivity contribution in [2.24, 2.45) is 0 Å². The van der Waals surface area contributed by atoms with Crippen LogP contribution in [0.5, 0.6) is 0 Å². The van der Waals surface area contributed by atoms with Gasteiger partial charge in [0.15, 0.2) is 5.82 Å². The molecule has 4 nitrogen and oxygen atoms in total. The highest BCUT2D eigenvalue weighted by Gasteiger charge is 2.12. The molecule has 17 heavy (non-hydrogen) atoms. The number of hydrogen-bond donors (Lipinski definition) is 3. The van der Waals surface area contributed by atoms with Gasteiger partial charge in [0.2, 0.25) is 0 Å². The fourth-order valence-corrected chi connectivity index (χ4v) is 2.03. The molecule has 5 heteroatoms. The van der Waals surface area contributed by atoms with Gasteiger partial charge in [-0.3, -0.25) is 0 Å². The molecule has 0 saturated carbocycles. The monoisotopic (exact) mass is 250 g/mol. The number of benzene rings is 1. The van der Waals surface area contributed by atoms with Crippen LogP contribution in [0.25, 0.3) is 0 Å². The number of rotatable bonds is 3. The van der Waals surface area contributed by atoms with Gasteiger partial charge >= 0.3 is 0 Å². The molecular formula is C12H15ClN4. The van der Waals surface area contributed by atoms with Crippen molar-refractivity contribution < 1.29 is 0 Å². The van der Waals surface area contributed by atoms with Crippen LogP contribution < -0.4 is 11.1 Å². The van der Waals surface area contributed by atoms with Gasteiger partial charge in [0, 0.05) is 5.02 Å². The summed E-state index contributed by atoms with van der Waals surface area (Å²) in [5, 5.41) is 3.97. The van der Waals surface area contributed by atoms with E-state index in [0.29, 0.717) is 11.6 Å². The standard InChI is InChI=1S/C12H15ClN4/c1-7(9-5-3-4-6-10(9)13)15-12-11(14)16-8(2)17-12/h3-7,15H,14H2,1-2H3,(H,16,17). The Morgan fingerprint density at radius 2 is 2.12 bits per heavy atom. The maximum absolute atomic E-state index is 6.13. The van der Waals surface area contributed by atoms with E-state index in [-0.39, 0.29) is 6.04 Å². The summed E-state index contributed by atoms with van der Waals surface area (Å²) in [6, 6.07) is 7.77. The van der Waals surface area contributed by atoms with E-state index in [1.54, 1.807) is 0 Å². The van der Waals surface area contributed by atoms with Crippen molar-refractivity contribution in [3.8, 4) is 0 Å². The van der Waals surface area contributed by atoms with Crippen LogP contribution >= 0.6 is 11.6 Å². The first kappa shape index (κ1) is 11.8. The van der Waals surface area contributed by atoms with E-state index < -0.39 is 0 Å². The SMILES string of the molecule is Cc1nc(NC(C)c2ccccc2Cl)c(N)[nH]1.